The van der Waals surface area contributed by atoms with Crippen LogP contribution in [0.2, 0.25) is 0 Å². The van der Waals surface area contributed by atoms with Crippen molar-refractivity contribution in [3.8, 4) is 23.0 Å². The number of methoxy groups -OCH3 is 1. The fraction of sp³-hybridized carbons (Fsp3) is 0.292. The van der Waals surface area contributed by atoms with Crippen LogP contribution in [-0.2, 0) is 12.8 Å². The summed E-state index contributed by atoms with van der Waals surface area (Å²) >= 11 is 0. The first-order chi connectivity index (χ1) is 14.1. The van der Waals surface area contributed by atoms with Gasteiger partial charge in [-0.2, -0.15) is 0 Å². The Morgan fingerprint density at radius 1 is 0.900 bits per heavy atom. The molecule has 0 amide bonds. The quantitative estimate of drug-likeness (QED) is 0.400. The summed E-state index contributed by atoms with van der Waals surface area (Å²) in [4.78, 5) is 13.3. The average Bonchev–Trinajstić information content (AvgIpc) is 2.65. The highest BCUT2D eigenvalue weighted by atomic mass is 16.5. The molecule has 0 atom stereocenters. The number of aromatic hydroxyl groups is 3. The molecule has 0 saturated heterocycles. The van der Waals surface area contributed by atoms with E-state index in [0.717, 1.165) is 17.2 Å². The minimum Gasteiger partial charge on any atom is -0.507 e. The maximum absolute atomic E-state index is 13.3. The zero-order valence-electron chi connectivity index (χ0n) is 17.8. The Bertz CT molecular complexity index is 1250. The van der Waals surface area contributed by atoms with Crippen LogP contribution < -0.4 is 10.2 Å². The van der Waals surface area contributed by atoms with Crippen molar-refractivity contribution >= 4 is 21.9 Å². The lowest BCUT2D eigenvalue weighted by molar-refractivity contribution is 0.370. The maximum atomic E-state index is 13.3. The normalized spacial score (nSPS) is 11.0. The van der Waals surface area contributed by atoms with Crippen LogP contribution in [0.3, 0.4) is 0 Å². The fourth-order valence-electron chi connectivity index (χ4n) is 3.44. The van der Waals surface area contributed by atoms with E-state index >= 15 is 0 Å². The van der Waals surface area contributed by atoms with Gasteiger partial charge in [-0.15, -0.1) is 0 Å². The second kappa shape index (κ2) is 8.14. The Morgan fingerprint density at radius 3 is 2.07 bits per heavy atom. The van der Waals surface area contributed by atoms with E-state index in [1.807, 2.05) is 39.8 Å². The molecule has 30 heavy (non-hydrogen) atoms. The van der Waals surface area contributed by atoms with Crippen LogP contribution in [0.15, 0.2) is 44.6 Å². The van der Waals surface area contributed by atoms with Crippen molar-refractivity contribution in [2.75, 3.05) is 7.11 Å². The number of hydrogen-bond donors (Lipinski definition) is 3. The number of hydrogen-bond acceptors (Lipinski definition) is 6. The second-order valence-corrected chi connectivity index (χ2v) is 7.78. The maximum Gasteiger partial charge on any atom is 0.204 e. The van der Waals surface area contributed by atoms with Crippen LogP contribution in [-0.4, -0.2) is 22.4 Å². The van der Waals surface area contributed by atoms with E-state index in [4.69, 9.17) is 9.15 Å². The van der Waals surface area contributed by atoms with E-state index in [2.05, 4.69) is 0 Å². The Labute approximate surface area is 174 Å². The lowest BCUT2D eigenvalue weighted by atomic mass is 10.00. The molecular weight excluding hydrogens is 384 g/mol. The summed E-state index contributed by atoms with van der Waals surface area (Å²) in [7, 11) is 1.43. The summed E-state index contributed by atoms with van der Waals surface area (Å²) in [6.07, 6.45) is 4.54. The molecule has 158 valence electrons. The summed E-state index contributed by atoms with van der Waals surface area (Å²) in [5.74, 6) is -0.494. The van der Waals surface area contributed by atoms with Gasteiger partial charge in [0.05, 0.1) is 12.5 Å². The molecule has 0 aliphatic carbocycles. The molecule has 0 spiro atoms. The molecule has 0 fully saturated rings. The molecule has 3 rings (SSSR count). The summed E-state index contributed by atoms with van der Waals surface area (Å²) in [6, 6.07) is 2.43. The van der Waals surface area contributed by atoms with Gasteiger partial charge in [0, 0.05) is 17.2 Å². The fourth-order valence-corrected chi connectivity index (χ4v) is 3.44. The predicted octanol–water partition coefficient (Wildman–Crippen LogP) is 5.09. The monoisotopic (exact) mass is 410 g/mol. The van der Waals surface area contributed by atoms with Gasteiger partial charge >= 0.3 is 0 Å². The molecule has 6 heteroatoms. The van der Waals surface area contributed by atoms with E-state index in [-0.39, 0.29) is 44.9 Å². The van der Waals surface area contributed by atoms with E-state index in [1.54, 1.807) is 0 Å². The molecule has 3 aromatic rings. The highest BCUT2D eigenvalue weighted by molar-refractivity contribution is 5.98. The molecule has 3 N–H and O–H groups in total. The van der Waals surface area contributed by atoms with Crippen molar-refractivity contribution < 1.29 is 24.5 Å². The zero-order valence-corrected chi connectivity index (χ0v) is 17.8. The van der Waals surface area contributed by atoms with Crippen LogP contribution >= 0.6 is 0 Å². The SMILES string of the molecule is COc1c(O)cc2c(=O)c3c(O)cc(O)c(CC=C(C)C)c3oc2c1CC=C(C)C. The summed E-state index contributed by atoms with van der Waals surface area (Å²) in [5.41, 5.74) is 2.90. The first kappa shape index (κ1) is 21.3. The van der Waals surface area contributed by atoms with Crippen LogP contribution in [0.25, 0.3) is 21.9 Å². The standard InChI is InChI=1S/C24H26O6/c1-12(2)6-8-14-17(25)11-18(26)20-21(28)16-10-19(27)23(29-5)15(9-7-13(3)4)22(16)30-24(14)20/h6-7,10-11,25-27H,8-9H2,1-5H3. The van der Waals surface area contributed by atoms with Gasteiger partial charge in [0.1, 0.15) is 28.1 Å². The molecule has 6 nitrogen and oxygen atoms in total. The number of allylic oxidation sites excluding steroid dienone is 4. The molecule has 0 saturated carbocycles. The van der Waals surface area contributed by atoms with Crippen molar-refractivity contribution in [3.63, 3.8) is 0 Å². The molecule has 1 heterocycles. The van der Waals surface area contributed by atoms with Crippen molar-refractivity contribution in [2.24, 2.45) is 0 Å². The van der Waals surface area contributed by atoms with Gasteiger partial charge in [-0.25, -0.2) is 0 Å². The number of rotatable bonds is 5. The second-order valence-electron chi connectivity index (χ2n) is 7.78. The number of phenolic OH excluding ortho intramolecular Hbond substituents is 3. The molecule has 0 aliphatic rings. The highest BCUT2D eigenvalue weighted by Crippen LogP contribution is 2.40. The molecule has 0 aliphatic heterocycles. The minimum atomic E-state index is -0.487. The van der Waals surface area contributed by atoms with E-state index in [0.29, 0.717) is 24.0 Å². The average molecular weight is 410 g/mol. The van der Waals surface area contributed by atoms with E-state index in [1.165, 1.54) is 13.2 Å². The van der Waals surface area contributed by atoms with Gasteiger partial charge in [-0.3, -0.25) is 4.79 Å². The largest absolute Gasteiger partial charge is 0.507 e. The first-order valence-corrected chi connectivity index (χ1v) is 9.65. The van der Waals surface area contributed by atoms with Crippen molar-refractivity contribution in [1.82, 2.24) is 0 Å². The molecule has 2 aromatic carbocycles. The van der Waals surface area contributed by atoms with Gasteiger partial charge in [-0.1, -0.05) is 23.3 Å². The lowest BCUT2D eigenvalue weighted by Crippen LogP contribution is -2.06. The Balaban J connectivity index is 2.51. The van der Waals surface area contributed by atoms with Crippen LogP contribution in [0.4, 0.5) is 0 Å². The third-order valence-electron chi connectivity index (χ3n) is 4.96. The van der Waals surface area contributed by atoms with Gasteiger partial charge in [0.15, 0.2) is 11.5 Å². The summed E-state index contributed by atoms with van der Waals surface area (Å²) in [5, 5.41) is 31.3. The number of phenols is 3. The minimum absolute atomic E-state index is 0.0322. The molecular formula is C24H26O6. The summed E-state index contributed by atoms with van der Waals surface area (Å²) in [6.45, 7) is 7.74. The van der Waals surface area contributed by atoms with Crippen molar-refractivity contribution in [3.05, 3.63) is 56.8 Å². The Kier molecular flexibility index (Phi) is 5.78. The molecule has 0 bridgehead atoms. The molecule has 1 aromatic heterocycles. The third-order valence-corrected chi connectivity index (χ3v) is 4.96. The Hall–Kier alpha value is -3.41. The van der Waals surface area contributed by atoms with Crippen LogP contribution in [0.5, 0.6) is 23.0 Å². The van der Waals surface area contributed by atoms with Gasteiger partial charge in [0.25, 0.3) is 0 Å². The van der Waals surface area contributed by atoms with Crippen LogP contribution in [0, 0.1) is 0 Å². The summed E-state index contributed by atoms with van der Waals surface area (Å²) < 4.78 is 11.5. The van der Waals surface area contributed by atoms with E-state index in [9.17, 15) is 20.1 Å². The lowest BCUT2D eigenvalue weighted by Gasteiger charge is -2.14. The first-order valence-electron chi connectivity index (χ1n) is 9.65. The third kappa shape index (κ3) is 3.73. The van der Waals surface area contributed by atoms with Crippen molar-refractivity contribution in [2.45, 2.75) is 40.5 Å². The smallest absolute Gasteiger partial charge is 0.204 e. The van der Waals surface area contributed by atoms with Crippen molar-refractivity contribution in [1.29, 1.82) is 0 Å². The van der Waals surface area contributed by atoms with Gasteiger partial charge < -0.3 is 24.5 Å². The van der Waals surface area contributed by atoms with Gasteiger partial charge in [0.2, 0.25) is 5.43 Å². The zero-order chi connectivity index (χ0) is 22.2. The van der Waals surface area contributed by atoms with Crippen LogP contribution in [0.1, 0.15) is 38.8 Å². The Morgan fingerprint density at radius 2 is 1.50 bits per heavy atom. The van der Waals surface area contributed by atoms with Gasteiger partial charge in [-0.05, 0) is 46.6 Å². The highest BCUT2D eigenvalue weighted by Gasteiger charge is 2.23. The molecule has 0 radical (unpaired) electrons. The number of benzene rings is 2. The predicted molar refractivity (Wildman–Crippen MR) is 118 cm³/mol. The number of ether oxygens (including phenoxy) is 1. The van der Waals surface area contributed by atoms with E-state index < -0.39 is 5.43 Å². The topological polar surface area (TPSA) is 100 Å². The molecule has 0 unspecified atom stereocenters. The number of fused-ring (bicyclic) bond motifs is 2.